The Bertz CT molecular complexity index is 725. The second kappa shape index (κ2) is 5.53. The molecule has 4 heteroatoms. The van der Waals surface area contributed by atoms with Crippen LogP contribution in [0.1, 0.15) is 27.0 Å². The summed E-state index contributed by atoms with van der Waals surface area (Å²) in [5.74, 6) is 0.879. The summed E-state index contributed by atoms with van der Waals surface area (Å²) in [4.78, 5) is 12.5. The summed E-state index contributed by atoms with van der Waals surface area (Å²) in [5.41, 5.74) is 10.1. The molecule has 0 radical (unpaired) electrons. The summed E-state index contributed by atoms with van der Waals surface area (Å²) in [6.45, 7) is 2.63. The van der Waals surface area contributed by atoms with Crippen LogP contribution in [-0.2, 0) is 12.8 Å². The summed E-state index contributed by atoms with van der Waals surface area (Å²) in [6.07, 6.45) is 1.19. The van der Waals surface area contributed by atoms with Crippen molar-refractivity contribution in [3.63, 3.8) is 0 Å². The fraction of sp³-hybridized carbons (Fsp3) is 0.235. The monoisotopic (exact) mass is 345 g/mol. The first kappa shape index (κ1) is 14.1. The van der Waals surface area contributed by atoms with Gasteiger partial charge >= 0.3 is 0 Å². The van der Waals surface area contributed by atoms with E-state index in [4.69, 9.17) is 10.5 Å². The van der Waals surface area contributed by atoms with Gasteiger partial charge in [0.05, 0.1) is 6.61 Å². The molecule has 1 aliphatic rings. The second-order valence-electron chi connectivity index (χ2n) is 5.34. The van der Waals surface area contributed by atoms with E-state index >= 15 is 0 Å². The fourth-order valence-corrected chi connectivity index (χ4v) is 3.21. The van der Waals surface area contributed by atoms with Crippen LogP contribution in [0.5, 0.6) is 5.75 Å². The second-order valence-corrected chi connectivity index (χ2v) is 6.26. The number of hydrogen-bond acceptors (Lipinski definition) is 3. The Morgan fingerprint density at radius 2 is 2.14 bits per heavy atom. The van der Waals surface area contributed by atoms with E-state index < -0.39 is 0 Å². The number of ether oxygens (including phenoxy) is 1. The van der Waals surface area contributed by atoms with Crippen molar-refractivity contribution in [3.05, 3.63) is 57.1 Å². The van der Waals surface area contributed by atoms with E-state index in [0.717, 1.165) is 33.3 Å². The highest BCUT2D eigenvalue weighted by Crippen LogP contribution is 2.34. The van der Waals surface area contributed by atoms with Gasteiger partial charge in [-0.1, -0.05) is 27.6 Å². The maximum atomic E-state index is 12.5. The molecule has 0 spiro atoms. The predicted molar refractivity (Wildman–Crippen MR) is 87.0 cm³/mol. The largest absolute Gasteiger partial charge is 0.493 e. The number of anilines is 1. The van der Waals surface area contributed by atoms with Crippen molar-refractivity contribution < 1.29 is 9.53 Å². The van der Waals surface area contributed by atoms with Crippen LogP contribution in [0.2, 0.25) is 0 Å². The third kappa shape index (κ3) is 2.81. The Balaban J connectivity index is 1.94. The van der Waals surface area contributed by atoms with Crippen molar-refractivity contribution in [2.24, 2.45) is 0 Å². The third-order valence-corrected chi connectivity index (χ3v) is 4.14. The van der Waals surface area contributed by atoms with Gasteiger partial charge in [0.1, 0.15) is 5.75 Å². The van der Waals surface area contributed by atoms with E-state index in [-0.39, 0.29) is 5.78 Å². The topological polar surface area (TPSA) is 52.3 Å². The number of ketones is 1. The quantitative estimate of drug-likeness (QED) is 0.681. The van der Waals surface area contributed by atoms with Crippen LogP contribution in [0.3, 0.4) is 0 Å². The molecular weight excluding hydrogens is 330 g/mol. The molecule has 0 amide bonds. The summed E-state index contributed by atoms with van der Waals surface area (Å²) >= 11 is 3.50. The van der Waals surface area contributed by atoms with Crippen molar-refractivity contribution in [2.75, 3.05) is 12.3 Å². The molecule has 0 unspecified atom stereocenters. The van der Waals surface area contributed by atoms with Crippen LogP contribution < -0.4 is 10.5 Å². The van der Waals surface area contributed by atoms with Gasteiger partial charge in [-0.05, 0) is 36.8 Å². The molecule has 0 atom stereocenters. The molecule has 0 saturated heterocycles. The van der Waals surface area contributed by atoms with Gasteiger partial charge in [0.25, 0.3) is 0 Å². The zero-order chi connectivity index (χ0) is 15.0. The lowest BCUT2D eigenvalue weighted by Crippen LogP contribution is -2.08. The molecule has 2 N–H and O–H groups in total. The average Bonchev–Trinajstić information content (AvgIpc) is 2.89. The molecule has 1 heterocycles. The van der Waals surface area contributed by atoms with Gasteiger partial charge in [0.15, 0.2) is 5.78 Å². The highest BCUT2D eigenvalue weighted by molar-refractivity contribution is 9.10. The van der Waals surface area contributed by atoms with Crippen LogP contribution in [-0.4, -0.2) is 12.4 Å². The lowest BCUT2D eigenvalue weighted by Gasteiger charge is -2.10. The number of halogens is 1. The van der Waals surface area contributed by atoms with E-state index in [1.807, 2.05) is 25.1 Å². The number of carbonyl (C=O) groups is 1. The number of benzene rings is 2. The minimum absolute atomic E-state index is 0.0204. The van der Waals surface area contributed by atoms with Crippen molar-refractivity contribution in [3.8, 4) is 5.75 Å². The maximum absolute atomic E-state index is 12.5. The molecule has 0 aromatic heterocycles. The Morgan fingerprint density at radius 3 is 2.95 bits per heavy atom. The molecular formula is C17H16BrNO2. The first-order valence-corrected chi connectivity index (χ1v) is 7.67. The zero-order valence-electron chi connectivity index (χ0n) is 11.8. The Hall–Kier alpha value is -1.81. The molecule has 2 aromatic carbocycles. The lowest BCUT2D eigenvalue weighted by atomic mass is 9.98. The smallest absolute Gasteiger partial charge is 0.169 e. The number of nitrogens with two attached hydrogens (primary N) is 1. The van der Waals surface area contributed by atoms with Crippen molar-refractivity contribution in [1.82, 2.24) is 0 Å². The normalized spacial score (nSPS) is 12.9. The van der Waals surface area contributed by atoms with Gasteiger partial charge in [-0.2, -0.15) is 0 Å². The van der Waals surface area contributed by atoms with E-state index in [9.17, 15) is 4.79 Å². The molecule has 0 fully saturated rings. The first-order valence-electron chi connectivity index (χ1n) is 6.88. The van der Waals surface area contributed by atoms with E-state index in [0.29, 0.717) is 24.3 Å². The lowest BCUT2D eigenvalue weighted by molar-refractivity contribution is 0.0993. The standard InChI is InChI=1S/C17H16BrNO2/c1-10-2-3-15(19)14(6-10)16(20)9-12-8-13(18)7-11-4-5-21-17(11)12/h2-3,6-8H,4-5,9,19H2,1H3. The molecule has 0 aliphatic carbocycles. The Labute approximate surface area is 132 Å². The molecule has 3 nitrogen and oxygen atoms in total. The van der Waals surface area contributed by atoms with Gasteiger partial charge < -0.3 is 10.5 Å². The van der Waals surface area contributed by atoms with E-state index in [1.54, 1.807) is 6.07 Å². The average molecular weight is 346 g/mol. The molecule has 108 valence electrons. The minimum Gasteiger partial charge on any atom is -0.493 e. The first-order chi connectivity index (χ1) is 10.0. The maximum Gasteiger partial charge on any atom is 0.169 e. The number of Topliss-reactive ketones (excluding diaryl/α,β-unsaturated/α-hetero) is 1. The van der Waals surface area contributed by atoms with Crippen LogP contribution in [0.25, 0.3) is 0 Å². The molecule has 2 aromatic rings. The van der Waals surface area contributed by atoms with Crippen LogP contribution in [0.15, 0.2) is 34.8 Å². The summed E-state index contributed by atoms with van der Waals surface area (Å²) < 4.78 is 6.65. The summed E-state index contributed by atoms with van der Waals surface area (Å²) in [7, 11) is 0. The van der Waals surface area contributed by atoms with Crippen molar-refractivity contribution in [1.29, 1.82) is 0 Å². The summed E-state index contributed by atoms with van der Waals surface area (Å²) in [6, 6.07) is 9.54. The van der Waals surface area contributed by atoms with Gasteiger partial charge in [-0.25, -0.2) is 0 Å². The van der Waals surface area contributed by atoms with Crippen LogP contribution in [0.4, 0.5) is 5.69 Å². The molecule has 0 bridgehead atoms. The number of nitrogen functional groups attached to an aromatic ring is 1. The Morgan fingerprint density at radius 1 is 1.33 bits per heavy atom. The zero-order valence-corrected chi connectivity index (χ0v) is 13.4. The SMILES string of the molecule is Cc1ccc(N)c(C(=O)Cc2cc(Br)cc3c2OCC3)c1. The van der Waals surface area contributed by atoms with Crippen molar-refractivity contribution in [2.45, 2.75) is 19.8 Å². The van der Waals surface area contributed by atoms with Gasteiger partial charge in [0.2, 0.25) is 0 Å². The molecule has 0 saturated carbocycles. The van der Waals surface area contributed by atoms with Gasteiger partial charge in [0, 0.05) is 34.1 Å². The fourth-order valence-electron chi connectivity index (χ4n) is 2.66. The number of aryl methyl sites for hydroxylation is 1. The predicted octanol–water partition coefficient (Wildman–Crippen LogP) is 3.70. The number of carbonyl (C=O) groups excluding carboxylic acids is 1. The van der Waals surface area contributed by atoms with E-state index in [1.165, 1.54) is 0 Å². The Kier molecular flexibility index (Phi) is 3.72. The van der Waals surface area contributed by atoms with Crippen LogP contribution in [0, 0.1) is 6.92 Å². The van der Waals surface area contributed by atoms with Gasteiger partial charge in [-0.3, -0.25) is 4.79 Å². The highest BCUT2D eigenvalue weighted by atomic mass is 79.9. The molecule has 3 rings (SSSR count). The van der Waals surface area contributed by atoms with E-state index in [2.05, 4.69) is 22.0 Å². The molecule has 1 aliphatic heterocycles. The number of hydrogen-bond donors (Lipinski definition) is 1. The summed E-state index contributed by atoms with van der Waals surface area (Å²) in [5, 5.41) is 0. The third-order valence-electron chi connectivity index (χ3n) is 3.69. The number of rotatable bonds is 3. The molecule has 21 heavy (non-hydrogen) atoms. The van der Waals surface area contributed by atoms with Crippen molar-refractivity contribution >= 4 is 27.4 Å². The van der Waals surface area contributed by atoms with Crippen LogP contribution >= 0.6 is 15.9 Å². The minimum atomic E-state index is 0.0204. The highest BCUT2D eigenvalue weighted by Gasteiger charge is 2.20. The number of fused-ring (bicyclic) bond motifs is 1. The van der Waals surface area contributed by atoms with Gasteiger partial charge in [-0.15, -0.1) is 0 Å².